The summed E-state index contributed by atoms with van der Waals surface area (Å²) in [6, 6.07) is 15.3. The van der Waals surface area contributed by atoms with Crippen molar-refractivity contribution in [3.63, 3.8) is 0 Å². The van der Waals surface area contributed by atoms with Crippen LogP contribution >= 0.6 is 0 Å². The third-order valence-electron chi connectivity index (χ3n) is 4.86. The molecule has 0 fully saturated rings. The van der Waals surface area contributed by atoms with Crippen LogP contribution in [0.3, 0.4) is 0 Å². The van der Waals surface area contributed by atoms with Crippen molar-refractivity contribution in [2.24, 2.45) is 5.73 Å². The van der Waals surface area contributed by atoms with Crippen molar-refractivity contribution in [2.45, 2.75) is 12.8 Å². The van der Waals surface area contributed by atoms with Gasteiger partial charge in [0.1, 0.15) is 11.4 Å². The van der Waals surface area contributed by atoms with E-state index in [-0.39, 0.29) is 11.4 Å². The first-order chi connectivity index (χ1) is 14.0. The molecule has 2 heterocycles. The second-order valence-electron chi connectivity index (χ2n) is 6.80. The van der Waals surface area contributed by atoms with Gasteiger partial charge in [-0.3, -0.25) is 14.6 Å². The van der Waals surface area contributed by atoms with Crippen molar-refractivity contribution < 1.29 is 9.18 Å². The number of pyridine rings is 2. The van der Waals surface area contributed by atoms with Gasteiger partial charge in [-0.15, -0.1) is 0 Å². The number of hydrogen-bond acceptors (Lipinski definition) is 3. The van der Waals surface area contributed by atoms with E-state index < -0.39 is 11.3 Å². The van der Waals surface area contributed by atoms with Crippen molar-refractivity contribution in [1.29, 1.82) is 0 Å². The third-order valence-corrected chi connectivity index (χ3v) is 4.86. The number of nitrogens with two attached hydrogens (primary N) is 1. The standard InChI is InChI=1S/C23H18FN3O2/c24-17-6-8-18(9-7-17)27-14-20(23(25)29)22(28)19-12-15(5-10-21(19)27)3-4-16-2-1-11-26-13-16/h1-2,5-14H,3-4H2,(H2,25,29). The van der Waals surface area contributed by atoms with E-state index in [4.69, 9.17) is 5.73 Å². The second-order valence-corrected chi connectivity index (χ2v) is 6.80. The fourth-order valence-electron chi connectivity index (χ4n) is 3.36. The maximum atomic E-state index is 13.3. The molecule has 0 bridgehead atoms. The number of amides is 1. The minimum absolute atomic E-state index is 0.105. The minimum atomic E-state index is -0.798. The van der Waals surface area contributed by atoms with E-state index in [0.29, 0.717) is 16.6 Å². The molecule has 2 aromatic heterocycles. The Morgan fingerprint density at radius 1 is 1.03 bits per heavy atom. The molecule has 0 aliphatic heterocycles. The number of halogens is 1. The Labute approximate surface area is 166 Å². The van der Waals surface area contributed by atoms with E-state index in [1.165, 1.54) is 18.3 Å². The highest BCUT2D eigenvalue weighted by Gasteiger charge is 2.14. The zero-order valence-corrected chi connectivity index (χ0v) is 15.5. The van der Waals surface area contributed by atoms with Gasteiger partial charge in [0.2, 0.25) is 5.43 Å². The van der Waals surface area contributed by atoms with E-state index in [1.807, 2.05) is 30.5 Å². The highest BCUT2D eigenvalue weighted by molar-refractivity contribution is 5.96. The van der Waals surface area contributed by atoms with Gasteiger partial charge in [0, 0.05) is 29.7 Å². The molecule has 2 aromatic carbocycles. The third kappa shape index (κ3) is 3.78. The Kier molecular flexibility index (Phi) is 4.91. The molecule has 0 saturated carbocycles. The molecular weight excluding hydrogens is 369 g/mol. The van der Waals surface area contributed by atoms with E-state index in [9.17, 15) is 14.0 Å². The van der Waals surface area contributed by atoms with E-state index >= 15 is 0 Å². The molecule has 5 nitrogen and oxygen atoms in total. The summed E-state index contributed by atoms with van der Waals surface area (Å²) in [7, 11) is 0. The SMILES string of the molecule is NC(=O)c1cn(-c2ccc(F)cc2)c2ccc(CCc3cccnc3)cc2c1=O. The van der Waals surface area contributed by atoms with Crippen LogP contribution in [0.15, 0.2) is 78.0 Å². The topological polar surface area (TPSA) is 78.0 Å². The largest absolute Gasteiger partial charge is 0.365 e. The van der Waals surface area contributed by atoms with Gasteiger partial charge < -0.3 is 10.3 Å². The number of benzene rings is 2. The maximum Gasteiger partial charge on any atom is 0.254 e. The maximum absolute atomic E-state index is 13.3. The molecule has 2 N–H and O–H groups in total. The van der Waals surface area contributed by atoms with Crippen LogP contribution in [0, 0.1) is 5.82 Å². The molecule has 1 amide bonds. The molecule has 0 aliphatic carbocycles. The number of rotatable bonds is 5. The van der Waals surface area contributed by atoms with Gasteiger partial charge in [-0.25, -0.2) is 4.39 Å². The molecule has 0 aliphatic rings. The lowest BCUT2D eigenvalue weighted by atomic mass is 10.0. The summed E-state index contributed by atoms with van der Waals surface area (Å²) in [5.74, 6) is -1.17. The van der Waals surface area contributed by atoms with E-state index in [1.54, 1.807) is 29.0 Å². The monoisotopic (exact) mass is 387 g/mol. The van der Waals surface area contributed by atoms with Gasteiger partial charge in [-0.05, 0) is 66.4 Å². The molecule has 0 spiro atoms. The fourth-order valence-corrected chi connectivity index (χ4v) is 3.36. The quantitative estimate of drug-likeness (QED) is 0.570. The zero-order chi connectivity index (χ0) is 20.4. The second kappa shape index (κ2) is 7.67. The molecule has 29 heavy (non-hydrogen) atoms. The molecule has 4 aromatic rings. The number of carbonyl (C=O) groups is 1. The van der Waals surface area contributed by atoms with E-state index in [0.717, 1.165) is 24.0 Å². The van der Waals surface area contributed by atoms with Crippen molar-refractivity contribution in [3.8, 4) is 5.69 Å². The Hall–Kier alpha value is -3.80. The van der Waals surface area contributed by atoms with Crippen LogP contribution in [-0.4, -0.2) is 15.5 Å². The van der Waals surface area contributed by atoms with Gasteiger partial charge >= 0.3 is 0 Å². The van der Waals surface area contributed by atoms with Crippen LogP contribution in [0.4, 0.5) is 4.39 Å². The zero-order valence-electron chi connectivity index (χ0n) is 15.5. The molecule has 4 rings (SSSR count). The Morgan fingerprint density at radius 2 is 1.79 bits per heavy atom. The fraction of sp³-hybridized carbons (Fsp3) is 0.0870. The summed E-state index contributed by atoms with van der Waals surface area (Å²) < 4.78 is 15.0. The van der Waals surface area contributed by atoms with Gasteiger partial charge in [0.25, 0.3) is 5.91 Å². The summed E-state index contributed by atoms with van der Waals surface area (Å²) in [6.07, 6.45) is 6.45. The lowest BCUT2D eigenvalue weighted by Gasteiger charge is -2.14. The van der Waals surface area contributed by atoms with Crippen LogP contribution in [-0.2, 0) is 12.8 Å². The Bertz CT molecular complexity index is 1250. The predicted octanol–water partition coefficient (Wildman–Crippen LogP) is 3.41. The number of aromatic nitrogens is 2. The number of fused-ring (bicyclic) bond motifs is 1. The van der Waals surface area contributed by atoms with Crippen LogP contribution in [0.5, 0.6) is 0 Å². The lowest BCUT2D eigenvalue weighted by molar-refractivity contribution is 0.0999. The molecule has 0 radical (unpaired) electrons. The highest BCUT2D eigenvalue weighted by Crippen LogP contribution is 2.20. The first kappa shape index (κ1) is 18.6. The van der Waals surface area contributed by atoms with Gasteiger partial charge in [0.05, 0.1) is 5.52 Å². The predicted molar refractivity (Wildman–Crippen MR) is 110 cm³/mol. The van der Waals surface area contributed by atoms with Crippen molar-refractivity contribution in [1.82, 2.24) is 9.55 Å². The van der Waals surface area contributed by atoms with Crippen LogP contribution < -0.4 is 11.2 Å². The summed E-state index contributed by atoms with van der Waals surface area (Å²) in [6.45, 7) is 0. The van der Waals surface area contributed by atoms with Crippen molar-refractivity contribution in [2.75, 3.05) is 0 Å². The summed E-state index contributed by atoms with van der Waals surface area (Å²) in [5.41, 5.74) is 8.23. The number of primary amides is 1. The van der Waals surface area contributed by atoms with Crippen molar-refractivity contribution in [3.05, 3.63) is 106 Å². The average Bonchev–Trinajstić information content (AvgIpc) is 2.74. The van der Waals surface area contributed by atoms with E-state index in [2.05, 4.69) is 4.98 Å². The van der Waals surface area contributed by atoms with Gasteiger partial charge in [0.15, 0.2) is 0 Å². The Morgan fingerprint density at radius 3 is 2.48 bits per heavy atom. The number of carbonyl (C=O) groups excluding carboxylic acids is 1. The molecule has 0 saturated heterocycles. The van der Waals surface area contributed by atoms with Crippen molar-refractivity contribution >= 4 is 16.8 Å². The summed E-state index contributed by atoms with van der Waals surface area (Å²) in [5, 5.41) is 0.398. The molecular formula is C23H18FN3O2. The number of nitrogens with zero attached hydrogens (tertiary/aromatic N) is 2. The highest BCUT2D eigenvalue weighted by atomic mass is 19.1. The molecule has 6 heteroatoms. The number of hydrogen-bond donors (Lipinski definition) is 1. The smallest absolute Gasteiger partial charge is 0.254 e. The summed E-state index contributed by atoms with van der Waals surface area (Å²) >= 11 is 0. The summed E-state index contributed by atoms with van der Waals surface area (Å²) in [4.78, 5) is 28.8. The van der Waals surface area contributed by atoms with Crippen LogP contribution in [0.1, 0.15) is 21.5 Å². The molecule has 0 atom stereocenters. The van der Waals surface area contributed by atoms with Crippen LogP contribution in [0.25, 0.3) is 16.6 Å². The Balaban J connectivity index is 1.82. The minimum Gasteiger partial charge on any atom is -0.365 e. The average molecular weight is 387 g/mol. The lowest BCUT2D eigenvalue weighted by Crippen LogP contribution is -2.24. The number of aryl methyl sites for hydroxylation is 2. The molecule has 0 unspecified atom stereocenters. The first-order valence-corrected chi connectivity index (χ1v) is 9.16. The van der Waals surface area contributed by atoms with Gasteiger partial charge in [-0.1, -0.05) is 12.1 Å². The normalized spacial score (nSPS) is 10.9. The van der Waals surface area contributed by atoms with Gasteiger partial charge in [-0.2, -0.15) is 0 Å². The molecule has 144 valence electrons. The first-order valence-electron chi connectivity index (χ1n) is 9.16. The van der Waals surface area contributed by atoms with Crippen LogP contribution in [0.2, 0.25) is 0 Å².